The lowest BCUT2D eigenvalue weighted by molar-refractivity contribution is 0.0929. The molecule has 0 heterocycles. The fourth-order valence-electron chi connectivity index (χ4n) is 1.57. The normalized spacial score (nSPS) is 11.4. The van der Waals surface area contributed by atoms with E-state index in [1.54, 1.807) is 25.3 Å². The fourth-order valence-corrected chi connectivity index (χ4v) is 1.79. The predicted molar refractivity (Wildman–Crippen MR) is 78.8 cm³/mol. The van der Waals surface area contributed by atoms with Crippen LogP contribution >= 0.6 is 11.6 Å². The van der Waals surface area contributed by atoms with Crippen molar-refractivity contribution in [1.29, 1.82) is 0 Å². The van der Waals surface area contributed by atoms with Gasteiger partial charge in [-0.2, -0.15) is 0 Å². The maximum atomic E-state index is 12.0. The van der Waals surface area contributed by atoms with Gasteiger partial charge >= 0.3 is 0 Å². The number of aliphatic hydroxyl groups is 1. The van der Waals surface area contributed by atoms with E-state index >= 15 is 0 Å². The second-order valence-electron chi connectivity index (χ2n) is 4.31. The zero-order valence-corrected chi connectivity index (χ0v) is 12.3. The molecule has 0 saturated carbocycles. The third kappa shape index (κ3) is 5.22. The summed E-state index contributed by atoms with van der Waals surface area (Å²) in [6.45, 7) is 2.28. The molecule has 0 bridgehead atoms. The molecule has 0 aromatic heterocycles. The largest absolute Gasteiger partial charge is 0.385 e. The topological polar surface area (TPSA) is 58.6 Å². The Morgan fingerprint density at radius 1 is 1.55 bits per heavy atom. The van der Waals surface area contributed by atoms with Crippen molar-refractivity contribution in [3.8, 4) is 11.8 Å². The van der Waals surface area contributed by atoms with E-state index in [1.165, 1.54) is 0 Å². The first-order valence-electron chi connectivity index (χ1n) is 6.27. The molecule has 0 radical (unpaired) electrons. The molecule has 1 atom stereocenters. The van der Waals surface area contributed by atoms with Crippen LogP contribution in [0.4, 0.5) is 0 Å². The molecule has 0 spiro atoms. The number of hydrogen-bond donors (Lipinski definition) is 2. The van der Waals surface area contributed by atoms with Gasteiger partial charge in [0.2, 0.25) is 0 Å². The number of aliphatic hydroxyl groups excluding tert-OH is 1. The summed E-state index contributed by atoms with van der Waals surface area (Å²) in [4.78, 5) is 12.0. The molecule has 1 aromatic carbocycles. The first kappa shape index (κ1) is 16.5. The Morgan fingerprint density at radius 2 is 2.30 bits per heavy atom. The summed E-state index contributed by atoms with van der Waals surface area (Å²) in [6, 6.07) is 4.92. The lowest BCUT2D eigenvalue weighted by atomic mass is 10.1. The van der Waals surface area contributed by atoms with Gasteiger partial charge in [-0.3, -0.25) is 4.79 Å². The zero-order valence-electron chi connectivity index (χ0n) is 11.6. The van der Waals surface area contributed by atoms with Crippen molar-refractivity contribution in [1.82, 2.24) is 5.32 Å². The molecule has 108 valence electrons. The maximum absolute atomic E-state index is 12.0. The summed E-state index contributed by atoms with van der Waals surface area (Å²) in [7, 11) is 1.63. The molecule has 1 rings (SSSR count). The average molecular weight is 296 g/mol. The van der Waals surface area contributed by atoms with Gasteiger partial charge < -0.3 is 15.2 Å². The van der Waals surface area contributed by atoms with Crippen LogP contribution < -0.4 is 5.32 Å². The predicted octanol–water partition coefficient (Wildman–Crippen LogP) is 1.84. The quantitative estimate of drug-likeness (QED) is 0.815. The molecule has 2 N–H and O–H groups in total. The van der Waals surface area contributed by atoms with Crippen LogP contribution in [0.15, 0.2) is 18.2 Å². The highest BCUT2D eigenvalue weighted by Crippen LogP contribution is 2.17. The van der Waals surface area contributed by atoms with Gasteiger partial charge in [0, 0.05) is 30.9 Å². The van der Waals surface area contributed by atoms with E-state index in [4.69, 9.17) is 21.4 Å². The number of carbonyl (C=O) groups is 1. The smallest absolute Gasteiger partial charge is 0.251 e. The van der Waals surface area contributed by atoms with Gasteiger partial charge in [0.25, 0.3) is 5.91 Å². The Labute approximate surface area is 124 Å². The van der Waals surface area contributed by atoms with Crippen LogP contribution in [0.25, 0.3) is 0 Å². The van der Waals surface area contributed by atoms with Gasteiger partial charge in [-0.05, 0) is 31.5 Å². The minimum atomic E-state index is -0.227. The number of benzene rings is 1. The molecule has 0 aliphatic carbocycles. The summed E-state index contributed by atoms with van der Waals surface area (Å²) >= 11 is 6.05. The second kappa shape index (κ2) is 8.60. The number of halogens is 1. The Morgan fingerprint density at radius 3 is 2.90 bits per heavy atom. The molecule has 20 heavy (non-hydrogen) atoms. The van der Waals surface area contributed by atoms with Crippen molar-refractivity contribution in [3.05, 3.63) is 34.3 Å². The second-order valence-corrected chi connectivity index (χ2v) is 4.72. The van der Waals surface area contributed by atoms with Crippen LogP contribution in [-0.4, -0.2) is 37.4 Å². The Kier molecular flexibility index (Phi) is 7.10. The van der Waals surface area contributed by atoms with Gasteiger partial charge in [0.1, 0.15) is 6.61 Å². The Hall–Kier alpha value is -1.54. The molecule has 0 aliphatic heterocycles. The first-order valence-corrected chi connectivity index (χ1v) is 6.65. The Bertz CT molecular complexity index is 520. The van der Waals surface area contributed by atoms with Gasteiger partial charge in [0.15, 0.2) is 0 Å². The van der Waals surface area contributed by atoms with Crippen molar-refractivity contribution in [2.75, 3.05) is 20.3 Å². The summed E-state index contributed by atoms with van der Waals surface area (Å²) in [5.41, 5.74) is 1.07. The molecular weight excluding hydrogens is 278 g/mol. The van der Waals surface area contributed by atoms with Crippen LogP contribution in [0.1, 0.15) is 29.3 Å². The molecule has 0 aliphatic rings. The van der Waals surface area contributed by atoms with Crippen molar-refractivity contribution >= 4 is 17.5 Å². The first-order chi connectivity index (χ1) is 9.58. The van der Waals surface area contributed by atoms with Crippen LogP contribution in [0, 0.1) is 11.8 Å². The third-order valence-corrected chi connectivity index (χ3v) is 2.98. The van der Waals surface area contributed by atoms with E-state index in [0.29, 0.717) is 22.8 Å². The number of nitrogens with one attached hydrogen (secondary N) is 1. The van der Waals surface area contributed by atoms with Crippen molar-refractivity contribution in [3.63, 3.8) is 0 Å². The van der Waals surface area contributed by atoms with E-state index in [2.05, 4.69) is 17.2 Å². The van der Waals surface area contributed by atoms with Crippen LogP contribution in [0.5, 0.6) is 0 Å². The number of rotatable bonds is 5. The number of hydrogen-bond acceptors (Lipinski definition) is 3. The van der Waals surface area contributed by atoms with Crippen molar-refractivity contribution in [2.24, 2.45) is 0 Å². The van der Waals surface area contributed by atoms with Gasteiger partial charge in [-0.25, -0.2) is 0 Å². The van der Waals surface area contributed by atoms with Gasteiger partial charge in [-0.15, -0.1) is 0 Å². The number of ether oxygens (including phenoxy) is 1. The number of carbonyl (C=O) groups excluding carboxylic acids is 1. The third-order valence-electron chi connectivity index (χ3n) is 2.67. The molecule has 1 amide bonds. The SMILES string of the molecule is COCCC(C)NC(=O)c1ccc(C#CCO)c(Cl)c1. The van der Waals surface area contributed by atoms with E-state index in [1.807, 2.05) is 6.92 Å². The standard InChI is InChI=1S/C15H18ClNO3/c1-11(7-9-20-2)17-15(19)13-6-5-12(4-3-8-18)14(16)10-13/h5-6,10-11,18H,7-9H2,1-2H3,(H,17,19). The van der Waals surface area contributed by atoms with E-state index in [-0.39, 0.29) is 18.6 Å². The van der Waals surface area contributed by atoms with E-state index in [0.717, 1.165) is 6.42 Å². The van der Waals surface area contributed by atoms with Crippen molar-refractivity contribution in [2.45, 2.75) is 19.4 Å². The van der Waals surface area contributed by atoms with Crippen LogP contribution in [0.2, 0.25) is 5.02 Å². The number of methoxy groups -OCH3 is 1. The molecule has 0 saturated heterocycles. The van der Waals surface area contributed by atoms with Crippen LogP contribution in [-0.2, 0) is 4.74 Å². The van der Waals surface area contributed by atoms with E-state index < -0.39 is 0 Å². The summed E-state index contributed by atoms with van der Waals surface area (Å²) in [5, 5.41) is 11.9. The Balaban J connectivity index is 2.72. The number of amides is 1. The summed E-state index contributed by atoms with van der Waals surface area (Å²) < 4.78 is 4.96. The monoisotopic (exact) mass is 295 g/mol. The highest BCUT2D eigenvalue weighted by atomic mass is 35.5. The minimum absolute atomic E-state index is 0.0232. The van der Waals surface area contributed by atoms with E-state index in [9.17, 15) is 4.79 Å². The summed E-state index contributed by atoms with van der Waals surface area (Å²) in [5.74, 6) is 5.05. The zero-order chi connectivity index (χ0) is 15.0. The highest BCUT2D eigenvalue weighted by Gasteiger charge is 2.11. The molecule has 1 aromatic rings. The average Bonchev–Trinajstić information content (AvgIpc) is 2.43. The molecular formula is C15H18ClNO3. The molecule has 0 fully saturated rings. The van der Waals surface area contributed by atoms with Gasteiger partial charge in [-0.1, -0.05) is 23.4 Å². The molecule has 4 nitrogen and oxygen atoms in total. The van der Waals surface area contributed by atoms with Crippen LogP contribution in [0.3, 0.4) is 0 Å². The van der Waals surface area contributed by atoms with Gasteiger partial charge in [0.05, 0.1) is 5.02 Å². The fraction of sp³-hybridized carbons (Fsp3) is 0.400. The highest BCUT2D eigenvalue weighted by molar-refractivity contribution is 6.32. The lowest BCUT2D eigenvalue weighted by Crippen LogP contribution is -2.33. The molecule has 1 unspecified atom stereocenters. The minimum Gasteiger partial charge on any atom is -0.385 e. The maximum Gasteiger partial charge on any atom is 0.251 e. The van der Waals surface area contributed by atoms with Crippen molar-refractivity contribution < 1.29 is 14.6 Å². The summed E-state index contributed by atoms with van der Waals surface area (Å²) in [6.07, 6.45) is 0.746. The lowest BCUT2D eigenvalue weighted by Gasteiger charge is -2.13. The molecule has 5 heteroatoms.